The Morgan fingerprint density at radius 3 is 2.83 bits per heavy atom. The normalized spacial score (nSPS) is 26.7. The quantitative estimate of drug-likeness (QED) is 0.466. The lowest BCUT2D eigenvalue weighted by atomic mass is 10.1. The van der Waals surface area contributed by atoms with Crippen LogP contribution < -0.4 is 0 Å². The second kappa shape index (κ2) is 3.27. The smallest absolute Gasteiger partial charge is 0.332 e. The summed E-state index contributed by atoms with van der Waals surface area (Å²) >= 11 is 0. The van der Waals surface area contributed by atoms with Gasteiger partial charge in [-0.05, 0) is 20.3 Å². The van der Waals surface area contributed by atoms with E-state index in [0.717, 1.165) is 18.9 Å². The van der Waals surface area contributed by atoms with E-state index in [2.05, 4.69) is 6.58 Å². The molecule has 0 bridgehead atoms. The van der Waals surface area contributed by atoms with Crippen molar-refractivity contribution in [2.45, 2.75) is 38.6 Å². The lowest BCUT2D eigenvalue weighted by Crippen LogP contribution is -2.22. The second-order valence-electron chi connectivity index (χ2n) is 3.49. The summed E-state index contributed by atoms with van der Waals surface area (Å²) in [6.45, 7) is 7.27. The van der Waals surface area contributed by atoms with Crippen LogP contribution in [-0.2, 0) is 14.3 Å². The second-order valence-corrected chi connectivity index (χ2v) is 3.49. The van der Waals surface area contributed by atoms with Crippen LogP contribution in [0.25, 0.3) is 0 Å². The fourth-order valence-corrected chi connectivity index (χ4v) is 1.20. The van der Waals surface area contributed by atoms with Gasteiger partial charge in [0.05, 0.1) is 5.60 Å². The van der Waals surface area contributed by atoms with Gasteiger partial charge in [0.1, 0.15) is 0 Å². The monoisotopic (exact) mass is 170 g/mol. The van der Waals surface area contributed by atoms with Crippen molar-refractivity contribution in [2.75, 3.05) is 0 Å². The predicted octanol–water partition coefficient (Wildman–Crippen LogP) is 1.63. The van der Waals surface area contributed by atoms with Gasteiger partial charge >= 0.3 is 5.97 Å². The van der Waals surface area contributed by atoms with Gasteiger partial charge in [0.15, 0.2) is 0 Å². The van der Waals surface area contributed by atoms with E-state index in [0.29, 0.717) is 0 Å². The maximum Gasteiger partial charge on any atom is 0.332 e. The highest BCUT2D eigenvalue weighted by Gasteiger charge is 2.33. The summed E-state index contributed by atoms with van der Waals surface area (Å²) < 4.78 is 10.3. The van der Waals surface area contributed by atoms with Crippen LogP contribution in [0.4, 0.5) is 0 Å². The maximum absolute atomic E-state index is 10.8. The van der Waals surface area contributed by atoms with Crippen molar-refractivity contribution in [3.05, 3.63) is 12.7 Å². The first-order valence-corrected chi connectivity index (χ1v) is 4.04. The number of esters is 1. The predicted molar refractivity (Wildman–Crippen MR) is 44.5 cm³/mol. The van der Waals surface area contributed by atoms with E-state index in [1.807, 2.05) is 13.8 Å². The van der Waals surface area contributed by atoms with Gasteiger partial charge in [-0.15, -0.1) is 0 Å². The molecule has 3 heteroatoms. The van der Waals surface area contributed by atoms with Crippen molar-refractivity contribution in [3.63, 3.8) is 0 Å². The minimum atomic E-state index is -0.419. The molecule has 0 aromatic heterocycles. The molecule has 0 aromatic rings. The van der Waals surface area contributed by atoms with Gasteiger partial charge in [0, 0.05) is 12.5 Å². The van der Waals surface area contributed by atoms with Crippen molar-refractivity contribution in [3.8, 4) is 0 Å². The zero-order valence-electron chi connectivity index (χ0n) is 7.50. The van der Waals surface area contributed by atoms with Crippen molar-refractivity contribution < 1.29 is 14.3 Å². The maximum atomic E-state index is 10.8. The van der Waals surface area contributed by atoms with E-state index in [1.165, 1.54) is 0 Å². The molecular weight excluding hydrogens is 156 g/mol. The Morgan fingerprint density at radius 1 is 1.75 bits per heavy atom. The molecule has 1 atom stereocenters. The number of rotatable bonds is 2. The molecule has 0 saturated carbocycles. The van der Waals surface area contributed by atoms with Crippen LogP contribution in [0.2, 0.25) is 0 Å². The van der Waals surface area contributed by atoms with Gasteiger partial charge in [0.25, 0.3) is 0 Å². The highest BCUT2D eigenvalue weighted by molar-refractivity contribution is 5.81. The molecule has 1 fully saturated rings. The molecule has 1 rings (SSSR count). The molecule has 1 aliphatic heterocycles. The average Bonchev–Trinajstić information content (AvgIpc) is 2.30. The molecule has 0 N–H and O–H groups in total. The van der Waals surface area contributed by atoms with Crippen LogP contribution in [0.5, 0.6) is 0 Å². The lowest BCUT2D eigenvalue weighted by Gasteiger charge is -2.18. The van der Waals surface area contributed by atoms with E-state index in [9.17, 15) is 4.79 Å². The first-order valence-electron chi connectivity index (χ1n) is 4.04. The van der Waals surface area contributed by atoms with Crippen LogP contribution >= 0.6 is 0 Å². The fourth-order valence-electron chi connectivity index (χ4n) is 1.20. The standard InChI is InChI=1S/C9H14O3/c1-4-7(10)11-8-5-6-9(2,3)12-8/h4,8H,1,5-6H2,2-3H3. The van der Waals surface area contributed by atoms with Crippen molar-refractivity contribution in [2.24, 2.45) is 0 Å². The number of carbonyl (C=O) groups is 1. The van der Waals surface area contributed by atoms with Crippen molar-refractivity contribution >= 4 is 5.97 Å². The fraction of sp³-hybridized carbons (Fsp3) is 0.667. The summed E-state index contributed by atoms with van der Waals surface area (Å²) in [7, 11) is 0. The topological polar surface area (TPSA) is 35.5 Å². The van der Waals surface area contributed by atoms with E-state index in [4.69, 9.17) is 9.47 Å². The van der Waals surface area contributed by atoms with Crippen molar-refractivity contribution in [1.29, 1.82) is 0 Å². The number of ether oxygens (including phenoxy) is 2. The SMILES string of the molecule is C=CC(=O)OC1CCC(C)(C)O1. The Morgan fingerprint density at radius 2 is 2.42 bits per heavy atom. The molecule has 3 nitrogen and oxygen atoms in total. The first kappa shape index (κ1) is 9.26. The Labute approximate surface area is 72.4 Å². The molecule has 0 radical (unpaired) electrons. The van der Waals surface area contributed by atoms with Gasteiger partial charge in [-0.25, -0.2) is 4.79 Å². The molecule has 1 aliphatic rings. The van der Waals surface area contributed by atoms with E-state index < -0.39 is 5.97 Å². The summed E-state index contributed by atoms with van der Waals surface area (Å²) in [6.07, 6.45) is 2.45. The molecule has 0 spiro atoms. The summed E-state index contributed by atoms with van der Waals surface area (Å²) in [5.41, 5.74) is -0.161. The third-order valence-corrected chi connectivity index (χ3v) is 1.85. The van der Waals surface area contributed by atoms with E-state index in [-0.39, 0.29) is 11.9 Å². The lowest BCUT2D eigenvalue weighted by molar-refractivity contribution is -0.178. The third kappa shape index (κ3) is 2.34. The van der Waals surface area contributed by atoms with Crippen LogP contribution in [0.1, 0.15) is 26.7 Å². The highest BCUT2D eigenvalue weighted by Crippen LogP contribution is 2.29. The van der Waals surface area contributed by atoms with E-state index in [1.54, 1.807) is 0 Å². The summed E-state index contributed by atoms with van der Waals surface area (Å²) in [6, 6.07) is 0. The van der Waals surface area contributed by atoms with Gasteiger partial charge in [0.2, 0.25) is 6.29 Å². The Balaban J connectivity index is 2.38. The minimum absolute atomic E-state index is 0.161. The Hall–Kier alpha value is -0.830. The summed E-state index contributed by atoms with van der Waals surface area (Å²) in [5.74, 6) is -0.419. The Kier molecular flexibility index (Phi) is 2.52. The third-order valence-electron chi connectivity index (χ3n) is 1.85. The Bertz CT molecular complexity index is 196. The van der Waals surface area contributed by atoms with Crippen LogP contribution in [0.15, 0.2) is 12.7 Å². The average molecular weight is 170 g/mol. The largest absolute Gasteiger partial charge is 0.433 e. The molecule has 1 heterocycles. The van der Waals surface area contributed by atoms with Gasteiger partial charge in [-0.1, -0.05) is 6.58 Å². The molecule has 0 amide bonds. The van der Waals surface area contributed by atoms with Crippen molar-refractivity contribution in [1.82, 2.24) is 0 Å². The number of hydrogen-bond donors (Lipinski definition) is 0. The van der Waals surface area contributed by atoms with Gasteiger partial charge in [-0.3, -0.25) is 0 Å². The van der Waals surface area contributed by atoms with Gasteiger partial charge < -0.3 is 9.47 Å². The van der Waals surface area contributed by atoms with Crippen LogP contribution in [0.3, 0.4) is 0 Å². The molecule has 0 aromatic carbocycles. The highest BCUT2D eigenvalue weighted by atomic mass is 16.7. The first-order chi connectivity index (χ1) is 5.53. The van der Waals surface area contributed by atoms with Crippen LogP contribution in [-0.4, -0.2) is 17.9 Å². The minimum Gasteiger partial charge on any atom is -0.433 e. The molecule has 1 unspecified atom stereocenters. The molecular formula is C9H14O3. The van der Waals surface area contributed by atoms with E-state index >= 15 is 0 Å². The zero-order valence-corrected chi connectivity index (χ0v) is 7.50. The van der Waals surface area contributed by atoms with Crippen LogP contribution in [0, 0.1) is 0 Å². The zero-order chi connectivity index (χ0) is 9.19. The van der Waals surface area contributed by atoms with Gasteiger partial charge in [-0.2, -0.15) is 0 Å². The molecule has 1 saturated heterocycles. The molecule has 0 aliphatic carbocycles. The summed E-state index contributed by atoms with van der Waals surface area (Å²) in [5, 5.41) is 0. The molecule has 12 heavy (non-hydrogen) atoms. The summed E-state index contributed by atoms with van der Waals surface area (Å²) in [4.78, 5) is 10.8. The number of hydrogen-bond acceptors (Lipinski definition) is 3. The number of carbonyl (C=O) groups excluding carboxylic acids is 1. The molecule has 68 valence electrons.